The SMILES string of the molecule is CCCCCCCOc1ccc(C(=O)Sc2ccc(C#N)cc2)cc1. The summed E-state index contributed by atoms with van der Waals surface area (Å²) in [5, 5.41) is 8.78. The van der Waals surface area contributed by atoms with E-state index in [0.717, 1.165) is 35.4 Å². The second-order valence-corrected chi connectivity index (χ2v) is 6.86. The number of hydrogen-bond donors (Lipinski definition) is 0. The van der Waals surface area contributed by atoms with Gasteiger partial charge in [0.15, 0.2) is 0 Å². The van der Waals surface area contributed by atoms with E-state index in [1.807, 2.05) is 12.1 Å². The number of benzene rings is 2. The zero-order valence-corrected chi connectivity index (χ0v) is 15.3. The van der Waals surface area contributed by atoms with E-state index >= 15 is 0 Å². The van der Waals surface area contributed by atoms with E-state index in [0.29, 0.717) is 11.1 Å². The van der Waals surface area contributed by atoms with Gasteiger partial charge in [-0.05, 0) is 66.7 Å². The van der Waals surface area contributed by atoms with Crippen LogP contribution < -0.4 is 4.74 Å². The molecule has 0 aliphatic rings. The molecule has 0 bridgehead atoms. The van der Waals surface area contributed by atoms with Gasteiger partial charge in [0.25, 0.3) is 0 Å². The van der Waals surface area contributed by atoms with Crippen molar-refractivity contribution in [3.05, 3.63) is 59.7 Å². The lowest BCUT2D eigenvalue weighted by molar-refractivity contribution is 0.108. The number of nitrogens with zero attached hydrogens (tertiary/aromatic N) is 1. The summed E-state index contributed by atoms with van der Waals surface area (Å²) >= 11 is 1.16. The first-order valence-electron chi connectivity index (χ1n) is 8.68. The van der Waals surface area contributed by atoms with Gasteiger partial charge >= 0.3 is 0 Å². The Balaban J connectivity index is 1.80. The number of thioether (sulfide) groups is 1. The molecule has 0 fully saturated rings. The molecule has 0 aromatic heterocycles. The highest BCUT2D eigenvalue weighted by molar-refractivity contribution is 8.14. The van der Waals surface area contributed by atoms with Crippen molar-refractivity contribution in [1.29, 1.82) is 5.26 Å². The highest BCUT2D eigenvalue weighted by Gasteiger charge is 2.08. The maximum Gasteiger partial charge on any atom is 0.224 e. The third kappa shape index (κ3) is 6.64. The summed E-state index contributed by atoms with van der Waals surface area (Å²) in [6.07, 6.45) is 6.06. The highest BCUT2D eigenvalue weighted by atomic mass is 32.2. The molecule has 4 heteroatoms. The van der Waals surface area contributed by atoms with Gasteiger partial charge in [0.2, 0.25) is 5.12 Å². The number of carbonyl (C=O) groups is 1. The second-order valence-electron chi connectivity index (χ2n) is 5.81. The Kier molecular flexibility index (Phi) is 8.08. The normalized spacial score (nSPS) is 10.2. The van der Waals surface area contributed by atoms with Gasteiger partial charge in [-0.3, -0.25) is 4.79 Å². The summed E-state index contributed by atoms with van der Waals surface area (Å²) in [7, 11) is 0. The van der Waals surface area contributed by atoms with Crippen molar-refractivity contribution < 1.29 is 9.53 Å². The van der Waals surface area contributed by atoms with Crippen molar-refractivity contribution >= 4 is 16.9 Å². The summed E-state index contributed by atoms with van der Waals surface area (Å²) in [6, 6.07) is 16.4. The smallest absolute Gasteiger partial charge is 0.224 e. The van der Waals surface area contributed by atoms with Crippen molar-refractivity contribution in [1.82, 2.24) is 0 Å². The van der Waals surface area contributed by atoms with Crippen LogP contribution in [0.15, 0.2) is 53.4 Å². The zero-order chi connectivity index (χ0) is 17.9. The minimum atomic E-state index is -0.0178. The molecule has 0 aliphatic carbocycles. The van der Waals surface area contributed by atoms with Crippen LogP contribution in [-0.2, 0) is 0 Å². The molecule has 0 spiro atoms. The lowest BCUT2D eigenvalue weighted by Crippen LogP contribution is -1.98. The molecule has 0 radical (unpaired) electrons. The summed E-state index contributed by atoms with van der Waals surface area (Å²) in [5.41, 5.74) is 1.23. The predicted molar refractivity (Wildman–Crippen MR) is 102 cm³/mol. The molecule has 0 heterocycles. The van der Waals surface area contributed by atoms with Gasteiger partial charge in [-0.1, -0.05) is 32.6 Å². The maximum atomic E-state index is 12.3. The van der Waals surface area contributed by atoms with E-state index in [2.05, 4.69) is 13.0 Å². The molecular formula is C21H23NO2S. The fourth-order valence-corrected chi connectivity index (χ4v) is 3.09. The minimum Gasteiger partial charge on any atom is -0.494 e. The van der Waals surface area contributed by atoms with Gasteiger partial charge in [-0.15, -0.1) is 0 Å². The third-order valence-electron chi connectivity index (χ3n) is 3.80. The molecule has 130 valence electrons. The number of nitriles is 1. The van der Waals surface area contributed by atoms with Crippen molar-refractivity contribution in [2.75, 3.05) is 6.61 Å². The molecule has 2 aromatic carbocycles. The molecule has 0 unspecified atom stereocenters. The quantitative estimate of drug-likeness (QED) is 0.420. The van der Waals surface area contributed by atoms with Gasteiger partial charge in [0.1, 0.15) is 5.75 Å². The predicted octanol–water partition coefficient (Wildman–Crippen LogP) is 5.84. The fraction of sp³-hybridized carbons (Fsp3) is 0.333. The number of ether oxygens (including phenoxy) is 1. The van der Waals surface area contributed by atoms with E-state index in [1.165, 1.54) is 25.7 Å². The third-order valence-corrected chi connectivity index (χ3v) is 4.73. The Bertz CT molecular complexity index is 702. The number of unbranched alkanes of at least 4 members (excludes halogenated alkanes) is 4. The minimum absolute atomic E-state index is 0.0178. The fourth-order valence-electron chi connectivity index (χ4n) is 2.35. The van der Waals surface area contributed by atoms with Crippen molar-refractivity contribution in [2.24, 2.45) is 0 Å². The van der Waals surface area contributed by atoms with Gasteiger partial charge in [-0.25, -0.2) is 0 Å². The van der Waals surface area contributed by atoms with Crippen LogP contribution in [0.25, 0.3) is 0 Å². The maximum absolute atomic E-state index is 12.3. The molecule has 25 heavy (non-hydrogen) atoms. The molecule has 0 N–H and O–H groups in total. The van der Waals surface area contributed by atoms with Crippen LogP contribution in [0, 0.1) is 11.3 Å². The Hall–Kier alpha value is -2.25. The Morgan fingerprint density at radius 3 is 2.32 bits per heavy atom. The van der Waals surface area contributed by atoms with Crippen LogP contribution in [0.5, 0.6) is 5.75 Å². The van der Waals surface area contributed by atoms with E-state index in [-0.39, 0.29) is 5.12 Å². The van der Waals surface area contributed by atoms with Gasteiger partial charge in [0.05, 0.1) is 18.2 Å². The van der Waals surface area contributed by atoms with Crippen LogP contribution in [0.1, 0.15) is 54.9 Å². The van der Waals surface area contributed by atoms with Crippen molar-refractivity contribution in [3.63, 3.8) is 0 Å². The van der Waals surface area contributed by atoms with Crippen molar-refractivity contribution in [3.8, 4) is 11.8 Å². The molecule has 2 aromatic rings. The molecule has 0 saturated heterocycles. The van der Waals surface area contributed by atoms with Crippen molar-refractivity contribution in [2.45, 2.75) is 43.9 Å². The highest BCUT2D eigenvalue weighted by Crippen LogP contribution is 2.24. The standard InChI is InChI=1S/C21H23NO2S/c1-2-3-4-5-6-15-24-19-11-9-18(10-12-19)21(23)25-20-13-7-17(16-22)8-14-20/h7-14H,2-6,15H2,1H3. The number of rotatable bonds is 9. The van der Waals surface area contributed by atoms with Crippen LogP contribution in [0.3, 0.4) is 0 Å². The topological polar surface area (TPSA) is 50.1 Å². The molecule has 0 atom stereocenters. The average Bonchev–Trinajstić information content (AvgIpc) is 2.65. The zero-order valence-electron chi connectivity index (χ0n) is 14.5. The molecule has 0 saturated carbocycles. The monoisotopic (exact) mass is 353 g/mol. The van der Waals surface area contributed by atoms with E-state index < -0.39 is 0 Å². The Morgan fingerprint density at radius 2 is 1.68 bits per heavy atom. The first-order valence-corrected chi connectivity index (χ1v) is 9.50. The van der Waals surface area contributed by atoms with E-state index in [1.54, 1.807) is 36.4 Å². The van der Waals surface area contributed by atoms with Crippen LogP contribution >= 0.6 is 11.8 Å². The van der Waals surface area contributed by atoms with E-state index in [9.17, 15) is 4.79 Å². The number of carbonyl (C=O) groups excluding carboxylic acids is 1. The molecule has 0 aliphatic heterocycles. The Labute approximate surface area is 154 Å². The van der Waals surface area contributed by atoms with Crippen LogP contribution in [-0.4, -0.2) is 11.7 Å². The molecule has 0 amide bonds. The number of hydrogen-bond acceptors (Lipinski definition) is 4. The molecule has 2 rings (SSSR count). The average molecular weight is 353 g/mol. The summed E-state index contributed by atoms with van der Waals surface area (Å²) < 4.78 is 5.72. The lowest BCUT2D eigenvalue weighted by atomic mass is 10.2. The van der Waals surface area contributed by atoms with Gasteiger partial charge in [0, 0.05) is 10.5 Å². The summed E-state index contributed by atoms with van der Waals surface area (Å²) in [6.45, 7) is 2.93. The summed E-state index contributed by atoms with van der Waals surface area (Å²) in [5.74, 6) is 0.801. The van der Waals surface area contributed by atoms with Gasteiger partial charge < -0.3 is 4.74 Å². The van der Waals surface area contributed by atoms with E-state index in [4.69, 9.17) is 10.00 Å². The van der Waals surface area contributed by atoms with Gasteiger partial charge in [-0.2, -0.15) is 5.26 Å². The van der Waals surface area contributed by atoms with Crippen LogP contribution in [0.4, 0.5) is 0 Å². The largest absolute Gasteiger partial charge is 0.494 e. The first-order chi connectivity index (χ1) is 12.2. The molecule has 3 nitrogen and oxygen atoms in total. The Morgan fingerprint density at radius 1 is 1.00 bits per heavy atom. The van der Waals surface area contributed by atoms with Crippen LogP contribution in [0.2, 0.25) is 0 Å². The molecular weight excluding hydrogens is 330 g/mol. The second kappa shape index (κ2) is 10.6. The lowest BCUT2D eigenvalue weighted by Gasteiger charge is -2.07. The summed E-state index contributed by atoms with van der Waals surface area (Å²) in [4.78, 5) is 13.1. The first kappa shape index (κ1) is 19.1.